The van der Waals surface area contributed by atoms with E-state index < -0.39 is 10.0 Å². The molecule has 1 unspecified atom stereocenters. The Kier molecular flexibility index (Phi) is 4.71. The summed E-state index contributed by atoms with van der Waals surface area (Å²) >= 11 is 1.83. The van der Waals surface area contributed by atoms with Crippen molar-refractivity contribution in [3.05, 3.63) is 18.0 Å². The predicted molar refractivity (Wildman–Crippen MR) is 72.0 cm³/mol. The van der Waals surface area contributed by atoms with Crippen molar-refractivity contribution in [1.82, 2.24) is 9.71 Å². The first kappa shape index (κ1) is 13.9. The highest BCUT2D eigenvalue weighted by atomic mass is 32.2. The third kappa shape index (κ3) is 3.50. The number of aromatic nitrogens is 1. The van der Waals surface area contributed by atoms with E-state index in [0.717, 1.165) is 12.2 Å². The molecule has 0 aliphatic carbocycles. The molecule has 0 radical (unpaired) electrons. The van der Waals surface area contributed by atoms with Crippen LogP contribution in [0.15, 0.2) is 17.2 Å². The zero-order valence-electron chi connectivity index (χ0n) is 10.1. The highest BCUT2D eigenvalue weighted by molar-refractivity contribution is 8.00. The lowest BCUT2D eigenvalue weighted by atomic mass is 10.2. The van der Waals surface area contributed by atoms with Crippen molar-refractivity contribution in [2.75, 3.05) is 12.3 Å². The largest absolute Gasteiger partial charge is 0.390 e. The third-order valence-electron chi connectivity index (χ3n) is 2.97. The van der Waals surface area contributed by atoms with Gasteiger partial charge in [-0.25, -0.2) is 13.1 Å². The lowest BCUT2D eigenvalue weighted by Gasteiger charge is -2.21. The van der Waals surface area contributed by atoms with Gasteiger partial charge in [-0.3, -0.25) is 0 Å². The van der Waals surface area contributed by atoms with E-state index in [9.17, 15) is 8.42 Å². The summed E-state index contributed by atoms with van der Waals surface area (Å²) < 4.78 is 26.6. The van der Waals surface area contributed by atoms with Gasteiger partial charge < -0.3 is 10.1 Å². The number of aromatic amines is 1. The average Bonchev–Trinajstić information content (AvgIpc) is 2.87. The summed E-state index contributed by atoms with van der Waals surface area (Å²) in [7, 11) is -3.45. The van der Waals surface area contributed by atoms with Gasteiger partial charge in [-0.2, -0.15) is 11.8 Å². The first-order valence-electron chi connectivity index (χ1n) is 6.01. The van der Waals surface area contributed by atoms with E-state index in [1.54, 1.807) is 0 Å². The Bertz CT molecular complexity index is 478. The lowest BCUT2D eigenvalue weighted by molar-refractivity contribution is 0.277. The third-order valence-corrected chi connectivity index (χ3v) is 5.77. The monoisotopic (exact) mass is 290 g/mol. The number of aliphatic hydroxyl groups excluding tert-OH is 1. The van der Waals surface area contributed by atoms with Crippen LogP contribution in [0.3, 0.4) is 0 Å². The second kappa shape index (κ2) is 6.10. The van der Waals surface area contributed by atoms with Gasteiger partial charge in [0.25, 0.3) is 0 Å². The molecule has 2 heterocycles. The fraction of sp³-hybridized carbons (Fsp3) is 0.636. The highest BCUT2D eigenvalue weighted by Crippen LogP contribution is 2.24. The summed E-state index contributed by atoms with van der Waals surface area (Å²) in [4.78, 5) is 2.91. The molecule has 0 aromatic carbocycles. The van der Waals surface area contributed by atoms with E-state index in [-0.39, 0.29) is 11.5 Å². The number of thioether (sulfide) groups is 1. The van der Waals surface area contributed by atoms with Gasteiger partial charge in [0.1, 0.15) is 0 Å². The van der Waals surface area contributed by atoms with Crippen molar-refractivity contribution < 1.29 is 13.5 Å². The van der Waals surface area contributed by atoms with E-state index in [1.165, 1.54) is 25.1 Å². The molecule has 1 aromatic heterocycles. The van der Waals surface area contributed by atoms with Crippen LogP contribution in [0.5, 0.6) is 0 Å². The Morgan fingerprint density at radius 1 is 1.50 bits per heavy atom. The smallest absolute Gasteiger partial charge is 0.242 e. The molecule has 2 rings (SSSR count). The zero-order chi connectivity index (χ0) is 13.0. The van der Waals surface area contributed by atoms with Gasteiger partial charge in [0.2, 0.25) is 10.0 Å². The molecule has 0 bridgehead atoms. The molecule has 1 fully saturated rings. The first-order chi connectivity index (χ1) is 8.62. The number of hydrogen-bond acceptors (Lipinski definition) is 4. The van der Waals surface area contributed by atoms with Crippen LogP contribution in [-0.2, 0) is 16.6 Å². The molecule has 0 saturated carbocycles. The van der Waals surface area contributed by atoms with Crippen molar-refractivity contribution in [2.45, 2.75) is 36.0 Å². The van der Waals surface area contributed by atoms with E-state index in [2.05, 4.69) is 9.71 Å². The van der Waals surface area contributed by atoms with Crippen molar-refractivity contribution in [1.29, 1.82) is 0 Å². The minimum absolute atomic E-state index is 0.187. The minimum atomic E-state index is -3.45. The summed E-state index contributed by atoms with van der Waals surface area (Å²) in [5.41, 5.74) is 0.502. The van der Waals surface area contributed by atoms with Crippen LogP contribution in [0.25, 0.3) is 0 Å². The van der Waals surface area contributed by atoms with Gasteiger partial charge in [0.05, 0.1) is 11.5 Å². The van der Waals surface area contributed by atoms with Crippen molar-refractivity contribution >= 4 is 21.8 Å². The fourth-order valence-corrected chi connectivity index (χ4v) is 4.36. The van der Waals surface area contributed by atoms with Crippen LogP contribution in [-0.4, -0.2) is 36.1 Å². The number of aliphatic hydroxyl groups is 1. The molecule has 1 aromatic rings. The Morgan fingerprint density at radius 2 is 2.33 bits per heavy atom. The topological polar surface area (TPSA) is 82.2 Å². The lowest BCUT2D eigenvalue weighted by Crippen LogP contribution is -2.31. The maximum Gasteiger partial charge on any atom is 0.242 e. The summed E-state index contributed by atoms with van der Waals surface area (Å²) in [5, 5.41) is 9.28. The van der Waals surface area contributed by atoms with Crippen molar-refractivity contribution in [3.63, 3.8) is 0 Å². The van der Waals surface area contributed by atoms with Gasteiger partial charge in [0, 0.05) is 23.7 Å². The Hall–Kier alpha value is -0.500. The number of H-pyrrole nitrogens is 1. The van der Waals surface area contributed by atoms with Gasteiger partial charge in [0.15, 0.2) is 0 Å². The standard InChI is InChI=1S/C11H18N2O3S2/c14-8-9-5-11(7-12-9)18(15,16)13-6-10-3-1-2-4-17-10/h5,7,10,12-14H,1-4,6,8H2. The van der Waals surface area contributed by atoms with Gasteiger partial charge in [-0.05, 0) is 24.7 Å². The molecule has 102 valence electrons. The number of hydrogen-bond donors (Lipinski definition) is 3. The molecule has 3 N–H and O–H groups in total. The number of rotatable bonds is 5. The Morgan fingerprint density at radius 3 is 2.94 bits per heavy atom. The van der Waals surface area contributed by atoms with Gasteiger partial charge >= 0.3 is 0 Å². The summed E-state index contributed by atoms with van der Waals surface area (Å²) in [5.74, 6) is 1.12. The van der Waals surface area contributed by atoms with E-state index >= 15 is 0 Å². The summed E-state index contributed by atoms with van der Waals surface area (Å²) in [6, 6.07) is 1.45. The summed E-state index contributed by atoms with van der Waals surface area (Å²) in [6.45, 7) is 0.292. The SMILES string of the molecule is O=S(=O)(NCC1CCCCS1)c1c[nH]c(CO)c1. The quantitative estimate of drug-likeness (QED) is 0.757. The normalized spacial score (nSPS) is 21.1. The van der Waals surface area contributed by atoms with Crippen LogP contribution >= 0.6 is 11.8 Å². The molecule has 7 heteroatoms. The molecular formula is C11H18N2O3S2. The van der Waals surface area contributed by atoms with E-state index in [1.807, 2.05) is 11.8 Å². The van der Waals surface area contributed by atoms with Gasteiger partial charge in [-0.15, -0.1) is 0 Å². The van der Waals surface area contributed by atoms with Crippen LogP contribution in [0.4, 0.5) is 0 Å². The molecule has 1 aliphatic heterocycles. The maximum absolute atomic E-state index is 12.0. The van der Waals surface area contributed by atoms with Crippen molar-refractivity contribution in [2.24, 2.45) is 0 Å². The maximum atomic E-state index is 12.0. The van der Waals surface area contributed by atoms with Crippen LogP contribution in [0.2, 0.25) is 0 Å². The molecule has 0 amide bonds. The minimum Gasteiger partial charge on any atom is -0.390 e. The van der Waals surface area contributed by atoms with E-state index in [0.29, 0.717) is 17.5 Å². The number of nitrogens with one attached hydrogen (secondary N) is 2. The Balaban J connectivity index is 1.94. The molecule has 18 heavy (non-hydrogen) atoms. The molecule has 0 spiro atoms. The molecule has 5 nitrogen and oxygen atoms in total. The highest BCUT2D eigenvalue weighted by Gasteiger charge is 2.20. The van der Waals surface area contributed by atoms with Crippen LogP contribution in [0, 0.1) is 0 Å². The first-order valence-corrected chi connectivity index (χ1v) is 8.54. The fourth-order valence-electron chi connectivity index (χ4n) is 1.92. The molecular weight excluding hydrogens is 272 g/mol. The van der Waals surface area contributed by atoms with Gasteiger partial charge in [-0.1, -0.05) is 6.42 Å². The zero-order valence-corrected chi connectivity index (χ0v) is 11.7. The van der Waals surface area contributed by atoms with Crippen LogP contribution < -0.4 is 4.72 Å². The van der Waals surface area contributed by atoms with E-state index in [4.69, 9.17) is 5.11 Å². The molecule has 1 atom stereocenters. The second-order valence-corrected chi connectivity index (χ2v) is 7.53. The second-order valence-electron chi connectivity index (χ2n) is 4.36. The Labute approximate surface area is 111 Å². The summed E-state index contributed by atoms with van der Waals surface area (Å²) in [6.07, 6.45) is 4.88. The molecule has 1 aliphatic rings. The van der Waals surface area contributed by atoms with Crippen LogP contribution in [0.1, 0.15) is 25.0 Å². The van der Waals surface area contributed by atoms with Crippen molar-refractivity contribution in [3.8, 4) is 0 Å². The molecule has 1 saturated heterocycles. The number of sulfonamides is 1. The predicted octanol–water partition coefficient (Wildman–Crippen LogP) is 1.07. The average molecular weight is 290 g/mol.